The number of hydrogen-bond acceptors (Lipinski definition) is 6. The van der Waals surface area contributed by atoms with Crippen molar-refractivity contribution in [3.8, 4) is 0 Å². The second-order valence-corrected chi connectivity index (χ2v) is 8.60. The number of benzene rings is 1. The van der Waals surface area contributed by atoms with Crippen molar-refractivity contribution in [2.75, 3.05) is 18.2 Å². The van der Waals surface area contributed by atoms with Gasteiger partial charge in [-0.15, -0.1) is 11.3 Å². The number of fused-ring (bicyclic) bond motifs is 2. The van der Waals surface area contributed by atoms with Gasteiger partial charge < -0.3 is 15.0 Å². The third-order valence-electron chi connectivity index (χ3n) is 4.33. The van der Waals surface area contributed by atoms with Crippen molar-refractivity contribution >= 4 is 62.6 Å². The minimum Gasteiger partial charge on any atom is -0.465 e. The number of halogens is 1. The number of methoxy groups -OCH3 is 1. The van der Waals surface area contributed by atoms with Crippen LogP contribution in [0.5, 0.6) is 0 Å². The minimum atomic E-state index is -0.397. The highest BCUT2D eigenvalue weighted by Crippen LogP contribution is 2.39. The molecule has 0 atom stereocenters. The van der Waals surface area contributed by atoms with Gasteiger partial charge in [0.05, 0.1) is 29.5 Å². The smallest absolute Gasteiger partial charge is 0.341 e. The number of aromatic amines is 1. The SMILES string of the molecule is COC(=O)c1c(NC(=O)CSc2nc3ccc(Cl)cc3[nH]2)sc2c1CCC2. The Labute approximate surface area is 168 Å². The number of carbonyl (C=O) groups is 2. The Hall–Kier alpha value is -2.03. The van der Waals surface area contributed by atoms with E-state index in [0.29, 0.717) is 20.7 Å². The number of carbonyl (C=O) groups excluding carboxylic acids is 2. The van der Waals surface area contributed by atoms with Crippen LogP contribution in [0.4, 0.5) is 5.00 Å². The number of anilines is 1. The Bertz CT molecular complexity index is 1040. The van der Waals surface area contributed by atoms with Crippen LogP contribution >= 0.6 is 34.7 Å². The number of thioether (sulfide) groups is 1. The van der Waals surface area contributed by atoms with Crippen LogP contribution < -0.4 is 5.32 Å². The van der Waals surface area contributed by atoms with E-state index in [1.54, 1.807) is 12.1 Å². The topological polar surface area (TPSA) is 84.1 Å². The number of esters is 1. The van der Waals surface area contributed by atoms with E-state index in [9.17, 15) is 9.59 Å². The number of H-pyrrole nitrogens is 1. The molecule has 0 radical (unpaired) electrons. The number of ether oxygens (including phenoxy) is 1. The van der Waals surface area contributed by atoms with Crippen LogP contribution in [-0.4, -0.2) is 34.7 Å². The number of amides is 1. The molecule has 0 aliphatic heterocycles. The van der Waals surface area contributed by atoms with Crippen molar-refractivity contribution in [1.82, 2.24) is 9.97 Å². The standard InChI is InChI=1S/C18H16ClN3O3S2/c1-25-17(24)15-10-3-2-4-13(10)27-16(15)22-14(23)8-26-18-20-11-6-5-9(19)7-12(11)21-18/h5-7H,2-4,8H2,1H3,(H,20,21)(H,22,23). The Balaban J connectivity index is 1.45. The van der Waals surface area contributed by atoms with Gasteiger partial charge in [-0.25, -0.2) is 9.78 Å². The van der Waals surface area contributed by atoms with Gasteiger partial charge in [-0.1, -0.05) is 23.4 Å². The largest absolute Gasteiger partial charge is 0.465 e. The van der Waals surface area contributed by atoms with Gasteiger partial charge in [-0.3, -0.25) is 4.79 Å². The van der Waals surface area contributed by atoms with E-state index in [1.807, 2.05) is 6.07 Å². The molecule has 140 valence electrons. The fourth-order valence-electron chi connectivity index (χ4n) is 3.13. The lowest BCUT2D eigenvalue weighted by atomic mass is 10.1. The van der Waals surface area contributed by atoms with Gasteiger partial charge in [-0.2, -0.15) is 0 Å². The number of hydrogen-bond donors (Lipinski definition) is 2. The lowest BCUT2D eigenvalue weighted by Crippen LogP contribution is -2.16. The molecule has 1 aliphatic carbocycles. The number of nitrogens with zero attached hydrogens (tertiary/aromatic N) is 1. The number of thiophene rings is 1. The molecular formula is C18H16ClN3O3S2. The van der Waals surface area contributed by atoms with Crippen LogP contribution in [0.1, 0.15) is 27.2 Å². The quantitative estimate of drug-likeness (QED) is 0.474. The van der Waals surface area contributed by atoms with E-state index in [-0.39, 0.29) is 11.7 Å². The molecule has 1 aliphatic rings. The van der Waals surface area contributed by atoms with Crippen LogP contribution in [-0.2, 0) is 22.4 Å². The summed E-state index contributed by atoms with van der Waals surface area (Å²) >= 11 is 8.74. The van der Waals surface area contributed by atoms with E-state index in [2.05, 4.69) is 15.3 Å². The first-order valence-electron chi connectivity index (χ1n) is 8.36. The van der Waals surface area contributed by atoms with Gasteiger partial charge in [0, 0.05) is 9.90 Å². The molecular weight excluding hydrogens is 406 g/mol. The van der Waals surface area contributed by atoms with E-state index in [0.717, 1.165) is 40.7 Å². The van der Waals surface area contributed by atoms with Crippen molar-refractivity contribution in [2.45, 2.75) is 24.4 Å². The summed E-state index contributed by atoms with van der Waals surface area (Å²) in [4.78, 5) is 33.3. The molecule has 9 heteroatoms. The fraction of sp³-hybridized carbons (Fsp3) is 0.278. The molecule has 0 fully saturated rings. The Kier molecular flexibility index (Phi) is 5.12. The van der Waals surface area contributed by atoms with Gasteiger partial charge in [-0.05, 0) is 43.0 Å². The first-order valence-corrected chi connectivity index (χ1v) is 10.5. The van der Waals surface area contributed by atoms with E-state index in [4.69, 9.17) is 16.3 Å². The second kappa shape index (κ2) is 7.53. The number of rotatable bonds is 5. The van der Waals surface area contributed by atoms with Crippen LogP contribution in [0.15, 0.2) is 23.4 Å². The zero-order valence-corrected chi connectivity index (χ0v) is 16.8. The van der Waals surface area contributed by atoms with Crippen molar-refractivity contribution in [1.29, 1.82) is 0 Å². The maximum absolute atomic E-state index is 12.4. The molecule has 2 heterocycles. The summed E-state index contributed by atoms with van der Waals surface area (Å²) in [5.41, 5.74) is 3.15. The molecule has 2 aromatic heterocycles. The summed E-state index contributed by atoms with van der Waals surface area (Å²) in [7, 11) is 1.36. The van der Waals surface area contributed by atoms with Crippen molar-refractivity contribution in [2.24, 2.45) is 0 Å². The highest BCUT2D eigenvalue weighted by Gasteiger charge is 2.28. The molecule has 2 N–H and O–H groups in total. The minimum absolute atomic E-state index is 0.177. The van der Waals surface area contributed by atoms with Gasteiger partial charge in [0.2, 0.25) is 5.91 Å². The normalized spacial score (nSPS) is 13.0. The van der Waals surface area contributed by atoms with E-state index in [1.165, 1.54) is 30.2 Å². The Morgan fingerprint density at radius 2 is 2.26 bits per heavy atom. The molecule has 1 amide bonds. The van der Waals surface area contributed by atoms with Crippen LogP contribution in [0.25, 0.3) is 11.0 Å². The molecule has 27 heavy (non-hydrogen) atoms. The first kappa shape index (κ1) is 18.3. The summed E-state index contributed by atoms with van der Waals surface area (Å²) in [5, 5.41) is 4.71. The maximum atomic E-state index is 12.4. The average Bonchev–Trinajstić information content (AvgIpc) is 3.32. The van der Waals surface area contributed by atoms with E-state index < -0.39 is 5.97 Å². The van der Waals surface area contributed by atoms with Crippen molar-refractivity contribution in [3.05, 3.63) is 39.2 Å². The third kappa shape index (κ3) is 3.69. The average molecular weight is 422 g/mol. The molecule has 3 aromatic rings. The van der Waals surface area contributed by atoms with Crippen molar-refractivity contribution in [3.63, 3.8) is 0 Å². The summed E-state index contributed by atoms with van der Waals surface area (Å²) in [5.74, 6) is -0.411. The molecule has 0 unspecified atom stereocenters. The summed E-state index contributed by atoms with van der Waals surface area (Å²) < 4.78 is 4.90. The molecule has 0 saturated heterocycles. The van der Waals surface area contributed by atoms with Gasteiger partial charge in [0.1, 0.15) is 5.00 Å². The number of imidazole rings is 1. The molecule has 0 spiro atoms. The summed E-state index contributed by atoms with van der Waals surface area (Å²) in [6.07, 6.45) is 2.82. The second-order valence-electron chi connectivity index (χ2n) is 6.09. The van der Waals surface area contributed by atoms with Crippen molar-refractivity contribution < 1.29 is 14.3 Å². The Morgan fingerprint density at radius 3 is 3.07 bits per heavy atom. The summed E-state index contributed by atoms with van der Waals surface area (Å²) in [6.45, 7) is 0. The van der Waals surface area contributed by atoms with Crippen LogP contribution in [0.3, 0.4) is 0 Å². The molecule has 4 rings (SSSR count). The number of aryl methyl sites for hydroxylation is 1. The van der Waals surface area contributed by atoms with Crippen LogP contribution in [0.2, 0.25) is 5.02 Å². The molecule has 6 nitrogen and oxygen atoms in total. The number of nitrogens with one attached hydrogen (secondary N) is 2. The predicted octanol–water partition coefficient (Wildman–Crippen LogP) is 4.28. The molecule has 0 saturated carbocycles. The lowest BCUT2D eigenvalue weighted by molar-refractivity contribution is -0.113. The maximum Gasteiger partial charge on any atom is 0.341 e. The predicted molar refractivity (Wildman–Crippen MR) is 108 cm³/mol. The monoisotopic (exact) mass is 421 g/mol. The zero-order valence-electron chi connectivity index (χ0n) is 14.4. The van der Waals surface area contributed by atoms with Crippen LogP contribution in [0, 0.1) is 0 Å². The lowest BCUT2D eigenvalue weighted by Gasteiger charge is -2.06. The third-order valence-corrected chi connectivity index (χ3v) is 6.64. The van der Waals surface area contributed by atoms with Gasteiger partial charge in [0.25, 0.3) is 0 Å². The molecule has 1 aromatic carbocycles. The zero-order chi connectivity index (χ0) is 19.0. The van der Waals surface area contributed by atoms with E-state index >= 15 is 0 Å². The number of aromatic nitrogens is 2. The highest BCUT2D eigenvalue weighted by atomic mass is 35.5. The fourth-order valence-corrected chi connectivity index (χ4v) is 5.28. The van der Waals surface area contributed by atoms with Gasteiger partial charge in [0.15, 0.2) is 5.16 Å². The van der Waals surface area contributed by atoms with Gasteiger partial charge >= 0.3 is 5.97 Å². The summed E-state index contributed by atoms with van der Waals surface area (Å²) in [6, 6.07) is 5.40. The highest BCUT2D eigenvalue weighted by molar-refractivity contribution is 7.99. The first-order chi connectivity index (χ1) is 13.0. The Morgan fingerprint density at radius 1 is 1.41 bits per heavy atom. The molecule has 0 bridgehead atoms.